The van der Waals surface area contributed by atoms with Crippen LogP contribution in [0.5, 0.6) is 0 Å². The van der Waals surface area contributed by atoms with E-state index < -0.39 is 0 Å². The van der Waals surface area contributed by atoms with Gasteiger partial charge in [-0.05, 0) is 11.6 Å². The Morgan fingerprint density at radius 2 is 2.42 bits per heavy atom. The highest BCUT2D eigenvalue weighted by Gasteiger charge is 2.02. The van der Waals surface area contributed by atoms with Crippen LogP contribution in [-0.4, -0.2) is 15.1 Å². The minimum absolute atomic E-state index is 0.00153. The van der Waals surface area contributed by atoms with Crippen LogP contribution in [0.4, 0.5) is 0 Å². The first-order valence-electron chi connectivity index (χ1n) is 3.31. The highest BCUT2D eigenvalue weighted by molar-refractivity contribution is 7.22. The average molecular weight is 201 g/mol. The molecule has 2 aromatic rings. The van der Waals surface area contributed by atoms with Crippen LogP contribution in [0.2, 0.25) is 4.47 Å². The van der Waals surface area contributed by atoms with Gasteiger partial charge in [0.25, 0.3) is 0 Å². The number of pyridine rings is 1. The second-order valence-corrected chi connectivity index (χ2v) is 3.90. The van der Waals surface area contributed by atoms with Crippen molar-refractivity contribution in [1.82, 2.24) is 9.97 Å². The van der Waals surface area contributed by atoms with Crippen molar-refractivity contribution in [2.45, 2.75) is 6.61 Å². The maximum Gasteiger partial charge on any atom is 0.186 e. The van der Waals surface area contributed by atoms with E-state index in [1.807, 2.05) is 6.07 Å². The lowest BCUT2D eigenvalue weighted by atomic mass is 10.3. The minimum Gasteiger partial charge on any atom is -0.392 e. The van der Waals surface area contributed by atoms with E-state index in [0.717, 1.165) is 10.3 Å². The Hall–Kier alpha value is -0.710. The van der Waals surface area contributed by atoms with E-state index >= 15 is 0 Å². The van der Waals surface area contributed by atoms with Crippen molar-refractivity contribution >= 4 is 33.3 Å². The zero-order chi connectivity index (χ0) is 8.55. The molecule has 1 N–H and O–H groups in total. The lowest BCUT2D eigenvalue weighted by molar-refractivity contribution is 0.281. The Bertz CT molecular complexity index is 415. The quantitative estimate of drug-likeness (QED) is 0.764. The van der Waals surface area contributed by atoms with E-state index in [1.54, 1.807) is 6.20 Å². The zero-order valence-corrected chi connectivity index (χ0v) is 7.56. The molecular formula is C7H5ClN2OS. The number of aliphatic hydroxyl groups is 1. The summed E-state index contributed by atoms with van der Waals surface area (Å²) in [4.78, 5) is 8.01. The lowest BCUT2D eigenvalue weighted by Gasteiger charge is -1.92. The molecule has 0 aromatic carbocycles. The summed E-state index contributed by atoms with van der Waals surface area (Å²) >= 11 is 7.05. The molecule has 0 aliphatic heterocycles. The molecule has 0 bridgehead atoms. The molecule has 0 radical (unpaired) electrons. The van der Waals surface area contributed by atoms with E-state index in [-0.39, 0.29) is 6.61 Å². The number of nitrogens with zero attached hydrogens (tertiary/aromatic N) is 2. The zero-order valence-electron chi connectivity index (χ0n) is 5.99. The highest BCUT2D eigenvalue weighted by Crippen LogP contribution is 2.24. The van der Waals surface area contributed by atoms with Gasteiger partial charge in [-0.1, -0.05) is 11.6 Å². The SMILES string of the molecule is OCc1cnc2nc(Cl)sc2c1. The number of rotatable bonds is 1. The molecular weight excluding hydrogens is 196 g/mol. The molecule has 62 valence electrons. The van der Waals surface area contributed by atoms with Crippen LogP contribution >= 0.6 is 22.9 Å². The number of aromatic nitrogens is 2. The van der Waals surface area contributed by atoms with Crippen LogP contribution < -0.4 is 0 Å². The van der Waals surface area contributed by atoms with Crippen molar-refractivity contribution in [3.63, 3.8) is 0 Å². The summed E-state index contributed by atoms with van der Waals surface area (Å²) in [5.74, 6) is 0. The second-order valence-electron chi connectivity index (χ2n) is 2.29. The van der Waals surface area contributed by atoms with E-state index in [0.29, 0.717) is 10.1 Å². The van der Waals surface area contributed by atoms with Crippen LogP contribution in [0.3, 0.4) is 0 Å². The lowest BCUT2D eigenvalue weighted by Crippen LogP contribution is -1.84. The van der Waals surface area contributed by atoms with Crippen LogP contribution in [-0.2, 0) is 6.61 Å². The first kappa shape index (κ1) is 7.91. The van der Waals surface area contributed by atoms with Crippen molar-refractivity contribution in [1.29, 1.82) is 0 Å². The van der Waals surface area contributed by atoms with Gasteiger partial charge in [-0.15, -0.1) is 11.3 Å². The van der Waals surface area contributed by atoms with Gasteiger partial charge in [0.15, 0.2) is 10.1 Å². The maximum absolute atomic E-state index is 8.82. The Morgan fingerprint density at radius 3 is 3.17 bits per heavy atom. The minimum atomic E-state index is -0.00153. The smallest absolute Gasteiger partial charge is 0.186 e. The van der Waals surface area contributed by atoms with Gasteiger partial charge in [0, 0.05) is 6.20 Å². The van der Waals surface area contributed by atoms with Gasteiger partial charge in [-0.25, -0.2) is 9.97 Å². The highest BCUT2D eigenvalue weighted by atomic mass is 35.5. The van der Waals surface area contributed by atoms with E-state index in [2.05, 4.69) is 9.97 Å². The summed E-state index contributed by atoms with van der Waals surface area (Å²) in [6.45, 7) is -0.00153. The summed E-state index contributed by atoms with van der Waals surface area (Å²) in [6, 6.07) is 1.84. The fraction of sp³-hybridized carbons (Fsp3) is 0.143. The normalized spacial score (nSPS) is 10.8. The fourth-order valence-electron chi connectivity index (χ4n) is 0.920. The van der Waals surface area contributed by atoms with E-state index in [1.165, 1.54) is 11.3 Å². The number of halogens is 1. The van der Waals surface area contributed by atoms with Crippen molar-refractivity contribution in [2.75, 3.05) is 0 Å². The topological polar surface area (TPSA) is 46.0 Å². The number of thiazole rings is 1. The van der Waals surface area contributed by atoms with E-state index in [9.17, 15) is 0 Å². The molecule has 0 atom stereocenters. The van der Waals surface area contributed by atoms with Gasteiger partial charge in [0.05, 0.1) is 11.3 Å². The third kappa shape index (κ3) is 1.29. The predicted molar refractivity (Wildman–Crippen MR) is 48.3 cm³/mol. The van der Waals surface area contributed by atoms with Crippen LogP contribution in [0.15, 0.2) is 12.3 Å². The number of hydrogen-bond acceptors (Lipinski definition) is 4. The second kappa shape index (κ2) is 2.97. The molecule has 3 nitrogen and oxygen atoms in total. The van der Waals surface area contributed by atoms with Crippen LogP contribution in [0.1, 0.15) is 5.56 Å². The van der Waals surface area contributed by atoms with E-state index in [4.69, 9.17) is 16.7 Å². The summed E-state index contributed by atoms with van der Waals surface area (Å²) in [5, 5.41) is 8.82. The third-order valence-electron chi connectivity index (χ3n) is 1.46. The first-order valence-corrected chi connectivity index (χ1v) is 4.51. The van der Waals surface area contributed by atoms with Crippen molar-refractivity contribution in [2.24, 2.45) is 0 Å². The fourth-order valence-corrected chi connectivity index (χ4v) is 1.96. The molecule has 0 spiro atoms. The summed E-state index contributed by atoms with van der Waals surface area (Å²) in [6.07, 6.45) is 1.60. The molecule has 0 saturated heterocycles. The monoisotopic (exact) mass is 200 g/mol. The molecule has 0 aliphatic rings. The van der Waals surface area contributed by atoms with Crippen molar-refractivity contribution < 1.29 is 5.11 Å². The van der Waals surface area contributed by atoms with Gasteiger partial charge in [0.1, 0.15) is 0 Å². The van der Waals surface area contributed by atoms with Crippen LogP contribution in [0, 0.1) is 0 Å². The molecule has 12 heavy (non-hydrogen) atoms. The van der Waals surface area contributed by atoms with Gasteiger partial charge in [-0.3, -0.25) is 0 Å². The first-order chi connectivity index (χ1) is 5.79. The number of hydrogen-bond donors (Lipinski definition) is 1. The van der Waals surface area contributed by atoms with Gasteiger partial charge < -0.3 is 5.11 Å². The molecule has 2 heterocycles. The van der Waals surface area contributed by atoms with Gasteiger partial charge in [-0.2, -0.15) is 0 Å². The predicted octanol–water partition coefficient (Wildman–Crippen LogP) is 1.84. The van der Waals surface area contributed by atoms with Crippen molar-refractivity contribution in [3.05, 3.63) is 22.3 Å². The Balaban J connectivity index is 2.66. The third-order valence-corrected chi connectivity index (χ3v) is 2.56. The summed E-state index contributed by atoms with van der Waals surface area (Å²) < 4.78 is 1.39. The molecule has 5 heteroatoms. The Labute approximate surface area is 77.7 Å². The molecule has 0 amide bonds. The molecule has 2 rings (SSSR count). The molecule has 0 fully saturated rings. The van der Waals surface area contributed by atoms with Gasteiger partial charge in [0.2, 0.25) is 0 Å². The van der Waals surface area contributed by atoms with Gasteiger partial charge >= 0.3 is 0 Å². The summed E-state index contributed by atoms with van der Waals surface area (Å²) in [5.41, 5.74) is 1.42. The Kier molecular flexibility index (Phi) is 1.96. The van der Waals surface area contributed by atoms with Crippen molar-refractivity contribution in [3.8, 4) is 0 Å². The Morgan fingerprint density at radius 1 is 1.58 bits per heavy atom. The standard InChI is InChI=1S/C7H5ClN2OS/c8-7-10-6-5(12-7)1-4(3-11)2-9-6/h1-2,11H,3H2. The summed E-state index contributed by atoms with van der Waals surface area (Å²) in [7, 11) is 0. The largest absolute Gasteiger partial charge is 0.392 e. The molecule has 0 aliphatic carbocycles. The van der Waals surface area contributed by atoms with Crippen LogP contribution in [0.25, 0.3) is 10.3 Å². The number of fused-ring (bicyclic) bond motifs is 1. The average Bonchev–Trinajstić information content (AvgIpc) is 2.43. The number of aliphatic hydroxyl groups excluding tert-OH is 1. The molecule has 0 unspecified atom stereocenters. The maximum atomic E-state index is 8.82. The molecule has 2 aromatic heterocycles. The molecule has 0 saturated carbocycles.